The van der Waals surface area contributed by atoms with Crippen molar-refractivity contribution in [1.29, 1.82) is 0 Å². The van der Waals surface area contributed by atoms with Crippen molar-refractivity contribution in [2.45, 2.75) is 287 Å². The summed E-state index contributed by atoms with van der Waals surface area (Å²) in [6, 6.07) is 0. The molecule has 476 valence electrons. The lowest BCUT2D eigenvalue weighted by Gasteiger charge is -2.42. The molecule has 0 spiro atoms. The molecule has 2 aliphatic heterocycles. The van der Waals surface area contributed by atoms with Gasteiger partial charge >= 0.3 is 5.97 Å². The van der Waals surface area contributed by atoms with Crippen molar-refractivity contribution in [3.63, 3.8) is 0 Å². The van der Waals surface area contributed by atoms with Crippen LogP contribution in [0.25, 0.3) is 0 Å². The molecule has 2 heterocycles. The Kier molecular flexibility index (Phi) is 49.3. The van der Waals surface area contributed by atoms with Gasteiger partial charge in [0.25, 0.3) is 0 Å². The molecule has 11 atom stereocenters. The van der Waals surface area contributed by atoms with Gasteiger partial charge in [0.05, 0.1) is 26.4 Å². The molecule has 7 N–H and O–H groups in total. The molecule has 0 radical (unpaired) electrons. The first-order valence-electron chi connectivity index (χ1n) is 32.5. The number of unbranched alkanes of at least 4 members (excludes halogenated alkanes) is 20. The average molecular weight is 1170 g/mol. The highest BCUT2D eigenvalue weighted by Gasteiger charge is 2.47. The Hall–Kier alpha value is -3.35. The van der Waals surface area contributed by atoms with E-state index in [1.807, 2.05) is 0 Å². The van der Waals surface area contributed by atoms with Crippen LogP contribution in [0.4, 0.5) is 0 Å². The predicted octanol–water partition coefficient (Wildman–Crippen LogP) is 13.1. The van der Waals surface area contributed by atoms with Gasteiger partial charge in [0.15, 0.2) is 12.6 Å². The monoisotopic (exact) mass is 1170 g/mol. The first-order valence-corrected chi connectivity index (χ1v) is 32.5. The molecule has 0 saturated carbocycles. The van der Waals surface area contributed by atoms with E-state index in [2.05, 4.69) is 123 Å². The average Bonchev–Trinajstić information content (AvgIpc) is 3.49. The highest BCUT2D eigenvalue weighted by atomic mass is 16.7. The van der Waals surface area contributed by atoms with E-state index in [1.165, 1.54) is 116 Å². The SMILES string of the molecule is CC/C=C\C/C=C\C/C=C\C/C=C\C/C=C\C/C=C\C/C=C\CCCC(=O)OC(COCCCCCCCCCCCCCCCC/C=C\C/C=C\CCCCCCC)COC1OC(COC2OC(CO)C(O)C(O)C2O)C(O)C(O)C1O. The number of hydrogen-bond donors (Lipinski definition) is 7. The van der Waals surface area contributed by atoms with Crippen LogP contribution in [0, 0.1) is 0 Å². The van der Waals surface area contributed by atoms with Crippen LogP contribution in [0.5, 0.6) is 0 Å². The molecule has 11 unspecified atom stereocenters. The van der Waals surface area contributed by atoms with Crippen molar-refractivity contribution in [2.24, 2.45) is 0 Å². The van der Waals surface area contributed by atoms with Crippen molar-refractivity contribution in [1.82, 2.24) is 0 Å². The molecule has 0 aromatic carbocycles. The lowest BCUT2D eigenvalue weighted by atomic mass is 9.98. The zero-order valence-electron chi connectivity index (χ0n) is 51.4. The van der Waals surface area contributed by atoms with E-state index in [9.17, 15) is 40.5 Å². The van der Waals surface area contributed by atoms with Crippen LogP contribution in [-0.2, 0) is 33.2 Å². The fourth-order valence-electron chi connectivity index (χ4n) is 9.60. The van der Waals surface area contributed by atoms with Gasteiger partial charge in [0.2, 0.25) is 0 Å². The van der Waals surface area contributed by atoms with Crippen LogP contribution in [0.2, 0.25) is 0 Å². The van der Waals surface area contributed by atoms with E-state index in [-0.39, 0.29) is 19.6 Å². The number of hydrogen-bond acceptors (Lipinski definition) is 14. The van der Waals surface area contributed by atoms with E-state index < -0.39 is 86.7 Å². The first kappa shape index (κ1) is 75.7. The van der Waals surface area contributed by atoms with Crippen molar-refractivity contribution in [3.05, 3.63) is 109 Å². The Morgan fingerprint density at radius 2 is 0.783 bits per heavy atom. The standard InChI is InChI=1S/C69H116O14/c1-3-5-7-9-11-13-15-17-19-21-23-25-27-28-29-31-33-35-37-39-41-43-45-47-49-51-53-78-55-58(56-79-68-67(77)65(75)63(73)60(83-68)57-80-69-66(76)64(74)62(72)59(54-70)82-69)81-61(71)52-50-48-46-44-42-40-38-36-34-32-30-26-24-22-20-18-16-14-12-10-8-6-4-2/h6,8,12,14-15,17-18,20-21,23-24,26,32,34,38,40,44,46,58-60,62-70,72-77H,3-5,7,9-11,13,16,19,22,25,27-31,33,35-37,39,41-43,45,47-57H2,1-2H3/b8-6-,14-12-,17-15-,20-18-,23-21-,26-24-,34-32-,40-38-,46-44-. The lowest BCUT2D eigenvalue weighted by Crippen LogP contribution is -2.61. The minimum Gasteiger partial charge on any atom is -0.457 e. The number of allylic oxidation sites excluding steroid dienone is 18. The van der Waals surface area contributed by atoms with Crippen molar-refractivity contribution in [3.8, 4) is 0 Å². The van der Waals surface area contributed by atoms with Gasteiger partial charge in [-0.2, -0.15) is 0 Å². The van der Waals surface area contributed by atoms with Gasteiger partial charge in [0, 0.05) is 13.0 Å². The molecule has 0 aliphatic carbocycles. The predicted molar refractivity (Wildman–Crippen MR) is 334 cm³/mol. The Morgan fingerprint density at radius 3 is 1.23 bits per heavy atom. The van der Waals surface area contributed by atoms with Gasteiger partial charge in [-0.15, -0.1) is 0 Å². The molecule has 0 aromatic rings. The van der Waals surface area contributed by atoms with Crippen molar-refractivity contribution >= 4 is 5.97 Å². The summed E-state index contributed by atoms with van der Waals surface area (Å²) in [7, 11) is 0. The number of carbonyl (C=O) groups excluding carboxylic acids is 1. The largest absolute Gasteiger partial charge is 0.457 e. The van der Waals surface area contributed by atoms with Gasteiger partial charge < -0.3 is 64.2 Å². The molecule has 2 aliphatic rings. The molecule has 14 nitrogen and oxygen atoms in total. The summed E-state index contributed by atoms with van der Waals surface area (Å²) >= 11 is 0. The van der Waals surface area contributed by atoms with Crippen LogP contribution < -0.4 is 0 Å². The van der Waals surface area contributed by atoms with Crippen LogP contribution in [0.1, 0.15) is 219 Å². The Morgan fingerprint density at radius 1 is 0.410 bits per heavy atom. The number of aliphatic hydroxyl groups is 7. The van der Waals surface area contributed by atoms with Gasteiger partial charge in [0.1, 0.15) is 54.9 Å². The molecule has 2 rings (SSSR count). The first-order chi connectivity index (χ1) is 40.6. The second kappa shape index (κ2) is 54.1. The quantitative estimate of drug-likeness (QED) is 0.0172. The third kappa shape index (κ3) is 39.9. The summed E-state index contributed by atoms with van der Waals surface area (Å²) < 4.78 is 34.4. The van der Waals surface area contributed by atoms with Crippen LogP contribution in [-0.4, -0.2) is 142 Å². The van der Waals surface area contributed by atoms with Crippen LogP contribution in [0.3, 0.4) is 0 Å². The number of aliphatic hydroxyl groups excluding tert-OH is 7. The fraction of sp³-hybridized carbons (Fsp3) is 0.725. The van der Waals surface area contributed by atoms with Crippen LogP contribution in [0.15, 0.2) is 109 Å². The smallest absolute Gasteiger partial charge is 0.306 e. The van der Waals surface area contributed by atoms with E-state index >= 15 is 0 Å². The van der Waals surface area contributed by atoms with E-state index in [0.717, 1.165) is 70.6 Å². The highest BCUT2D eigenvalue weighted by molar-refractivity contribution is 5.69. The molecule has 0 aromatic heterocycles. The summed E-state index contributed by atoms with van der Waals surface area (Å²) in [4.78, 5) is 13.1. The maximum Gasteiger partial charge on any atom is 0.306 e. The summed E-state index contributed by atoms with van der Waals surface area (Å²) in [6.07, 6.45) is 58.7. The number of esters is 1. The maximum absolute atomic E-state index is 13.1. The summed E-state index contributed by atoms with van der Waals surface area (Å²) in [5, 5.41) is 72.5. The zero-order valence-corrected chi connectivity index (χ0v) is 51.4. The molecule has 2 saturated heterocycles. The minimum atomic E-state index is -1.72. The lowest BCUT2D eigenvalue weighted by molar-refractivity contribution is -0.332. The van der Waals surface area contributed by atoms with E-state index in [0.29, 0.717) is 19.4 Å². The molecule has 0 bridgehead atoms. The van der Waals surface area contributed by atoms with Gasteiger partial charge in [-0.3, -0.25) is 4.79 Å². The van der Waals surface area contributed by atoms with Gasteiger partial charge in [-0.25, -0.2) is 0 Å². The Bertz CT molecular complexity index is 1790. The molecule has 14 heteroatoms. The normalized spacial score (nSPS) is 24.2. The third-order valence-electron chi connectivity index (χ3n) is 14.8. The second-order valence-electron chi connectivity index (χ2n) is 22.2. The molecule has 0 amide bonds. The van der Waals surface area contributed by atoms with Gasteiger partial charge in [-0.1, -0.05) is 226 Å². The second-order valence-corrected chi connectivity index (χ2v) is 22.2. The molecule has 83 heavy (non-hydrogen) atoms. The zero-order chi connectivity index (χ0) is 60.1. The van der Waals surface area contributed by atoms with Crippen LogP contribution >= 0.6 is 0 Å². The molecular formula is C69H116O14. The number of carbonyl (C=O) groups is 1. The topological polar surface area (TPSA) is 214 Å². The summed E-state index contributed by atoms with van der Waals surface area (Å²) in [5.41, 5.74) is 0. The summed E-state index contributed by atoms with van der Waals surface area (Å²) in [5.74, 6) is -0.435. The molecule has 2 fully saturated rings. The maximum atomic E-state index is 13.1. The number of ether oxygens (including phenoxy) is 6. The molecular weight excluding hydrogens is 1050 g/mol. The number of rotatable bonds is 52. The fourth-order valence-corrected chi connectivity index (χ4v) is 9.60. The van der Waals surface area contributed by atoms with Crippen molar-refractivity contribution < 1.29 is 69.0 Å². The van der Waals surface area contributed by atoms with E-state index in [1.54, 1.807) is 0 Å². The Balaban J connectivity index is 1.70. The Labute approximate surface area is 502 Å². The van der Waals surface area contributed by atoms with E-state index in [4.69, 9.17) is 28.4 Å². The highest BCUT2D eigenvalue weighted by Crippen LogP contribution is 2.27. The third-order valence-corrected chi connectivity index (χ3v) is 14.8. The minimum absolute atomic E-state index is 0.0318. The van der Waals surface area contributed by atoms with Crippen molar-refractivity contribution in [2.75, 3.05) is 33.0 Å². The van der Waals surface area contributed by atoms with Gasteiger partial charge in [-0.05, 0) is 96.3 Å². The summed E-state index contributed by atoms with van der Waals surface area (Å²) in [6.45, 7) is 3.49.